The topological polar surface area (TPSA) is 114 Å². The molecule has 3 atom stereocenters. The van der Waals surface area contributed by atoms with E-state index < -0.39 is 20.0 Å². The molecule has 0 aliphatic rings. The molecule has 10 heteroatoms. The third-order valence-corrected chi connectivity index (χ3v) is 16.7. The Hall–Kier alpha value is -1.25. The monoisotopic (exact) mass is 1110 g/mol. The van der Waals surface area contributed by atoms with E-state index in [0.29, 0.717) is 17.4 Å². The molecular weight excluding hydrogens is 976 g/mol. The van der Waals surface area contributed by atoms with E-state index in [2.05, 4.69) is 26.1 Å². The van der Waals surface area contributed by atoms with Gasteiger partial charge in [-0.25, -0.2) is 0 Å². The Morgan fingerprint density at radius 3 is 1.06 bits per heavy atom. The second-order valence-corrected chi connectivity index (χ2v) is 26.1. The van der Waals surface area contributed by atoms with Gasteiger partial charge in [-0.3, -0.25) is 14.2 Å². The van der Waals surface area contributed by atoms with Crippen molar-refractivity contribution in [3.8, 4) is 0 Å². The molecule has 0 aliphatic carbocycles. The van der Waals surface area contributed by atoms with Gasteiger partial charge in [-0.05, 0) is 31.8 Å². The number of ether oxygens (including phenoxy) is 1. The largest absolute Gasteiger partial charge is 0.756 e. The second-order valence-electron chi connectivity index (χ2n) is 24.7. The first-order valence-electron chi connectivity index (χ1n) is 34.0. The van der Waals surface area contributed by atoms with Crippen LogP contribution in [0.1, 0.15) is 355 Å². The van der Waals surface area contributed by atoms with E-state index in [-0.39, 0.29) is 31.5 Å². The molecule has 0 aliphatic heterocycles. The van der Waals surface area contributed by atoms with Crippen LogP contribution in [0.5, 0.6) is 0 Å². The van der Waals surface area contributed by atoms with Gasteiger partial charge in [-0.1, -0.05) is 322 Å². The SMILES string of the molecule is CCCCCCCCCCCC/C=C\C(OC(=O)CCCCCCCCCCCCCCCCCCCCCCCCC)C(COP(=O)([O-])OCC[N+](C)(C)C)NC(=O)CCCCCCCCCCCCCCCCCC. The number of amides is 1. The summed E-state index contributed by atoms with van der Waals surface area (Å²) >= 11 is 0. The average Bonchev–Trinajstić information content (AvgIpc) is 3.39. The molecule has 458 valence electrons. The van der Waals surface area contributed by atoms with Crippen LogP contribution in [-0.4, -0.2) is 69.4 Å². The number of esters is 1. The predicted octanol–water partition coefficient (Wildman–Crippen LogP) is 20.5. The van der Waals surface area contributed by atoms with E-state index in [0.717, 1.165) is 57.8 Å². The van der Waals surface area contributed by atoms with Gasteiger partial charge in [0.05, 0.1) is 33.8 Å². The zero-order chi connectivity index (χ0) is 56.4. The molecule has 0 aromatic carbocycles. The summed E-state index contributed by atoms with van der Waals surface area (Å²) in [5.74, 6) is -0.516. The highest BCUT2D eigenvalue weighted by molar-refractivity contribution is 7.45. The predicted molar refractivity (Wildman–Crippen MR) is 330 cm³/mol. The van der Waals surface area contributed by atoms with Gasteiger partial charge in [-0.15, -0.1) is 0 Å². The molecule has 0 saturated carbocycles. The molecule has 0 rings (SSSR count). The molecule has 0 aromatic heterocycles. The van der Waals surface area contributed by atoms with E-state index >= 15 is 0 Å². The van der Waals surface area contributed by atoms with Crippen molar-refractivity contribution in [2.45, 2.75) is 367 Å². The van der Waals surface area contributed by atoms with Crippen molar-refractivity contribution in [2.75, 3.05) is 40.9 Å². The minimum absolute atomic E-state index is 0.0166. The van der Waals surface area contributed by atoms with Crippen LogP contribution in [0.2, 0.25) is 0 Å². The fourth-order valence-corrected chi connectivity index (χ4v) is 11.2. The number of quaternary nitrogens is 1. The number of phosphoric ester groups is 1. The van der Waals surface area contributed by atoms with Crippen molar-refractivity contribution in [3.63, 3.8) is 0 Å². The Bertz CT molecular complexity index is 1320. The van der Waals surface area contributed by atoms with Gasteiger partial charge in [0.25, 0.3) is 7.82 Å². The van der Waals surface area contributed by atoms with Crippen LogP contribution in [0, 0.1) is 0 Å². The normalized spacial score (nSPS) is 13.6. The molecule has 9 nitrogen and oxygen atoms in total. The Kier molecular flexibility index (Phi) is 57.0. The van der Waals surface area contributed by atoms with Crippen LogP contribution < -0.4 is 10.2 Å². The molecule has 0 bridgehead atoms. The number of hydrogen-bond acceptors (Lipinski definition) is 7. The highest BCUT2D eigenvalue weighted by atomic mass is 31.2. The first-order valence-corrected chi connectivity index (χ1v) is 35.5. The Morgan fingerprint density at radius 2 is 0.740 bits per heavy atom. The maximum atomic E-state index is 13.5. The van der Waals surface area contributed by atoms with E-state index in [1.165, 1.54) is 263 Å². The Morgan fingerprint density at radius 1 is 0.442 bits per heavy atom. The Balaban J connectivity index is 5.06. The molecule has 0 saturated heterocycles. The summed E-state index contributed by atoms with van der Waals surface area (Å²) in [6.07, 6.45) is 67.6. The number of unbranched alkanes of at least 4 members (excludes halogenated alkanes) is 47. The zero-order valence-electron chi connectivity index (χ0n) is 52.5. The van der Waals surface area contributed by atoms with E-state index in [1.54, 1.807) is 0 Å². The van der Waals surface area contributed by atoms with E-state index in [1.807, 2.05) is 33.3 Å². The summed E-state index contributed by atoms with van der Waals surface area (Å²) < 4.78 is 30.4. The molecule has 1 N–H and O–H groups in total. The lowest BCUT2D eigenvalue weighted by Gasteiger charge is -2.30. The van der Waals surface area contributed by atoms with Gasteiger partial charge < -0.3 is 28.5 Å². The zero-order valence-corrected chi connectivity index (χ0v) is 53.3. The highest BCUT2D eigenvalue weighted by Crippen LogP contribution is 2.38. The van der Waals surface area contributed by atoms with Crippen LogP contribution in [-0.2, 0) is 27.9 Å². The minimum atomic E-state index is -4.69. The number of nitrogens with zero attached hydrogens (tertiary/aromatic N) is 1. The van der Waals surface area contributed by atoms with Gasteiger partial charge in [0, 0.05) is 12.8 Å². The smallest absolute Gasteiger partial charge is 0.306 e. The summed E-state index contributed by atoms with van der Waals surface area (Å²) in [4.78, 5) is 40.1. The summed E-state index contributed by atoms with van der Waals surface area (Å²) in [5.41, 5.74) is 0. The first-order chi connectivity index (χ1) is 37.4. The van der Waals surface area contributed by atoms with Crippen molar-refractivity contribution in [2.24, 2.45) is 0 Å². The average molecular weight is 1110 g/mol. The van der Waals surface area contributed by atoms with Crippen LogP contribution >= 0.6 is 7.82 Å². The number of hydrogen-bond donors (Lipinski definition) is 1. The molecule has 0 aromatic rings. The van der Waals surface area contributed by atoms with Crippen molar-refractivity contribution in [3.05, 3.63) is 12.2 Å². The van der Waals surface area contributed by atoms with Crippen molar-refractivity contribution in [1.29, 1.82) is 0 Å². The minimum Gasteiger partial charge on any atom is -0.756 e. The first kappa shape index (κ1) is 75.8. The quantitative estimate of drug-likeness (QED) is 0.0212. The number of likely N-dealkylation sites (N-methyl/N-ethyl adjacent to an activating group) is 1. The maximum Gasteiger partial charge on any atom is 0.306 e. The summed E-state index contributed by atoms with van der Waals surface area (Å²) in [6.45, 7) is 6.91. The van der Waals surface area contributed by atoms with Crippen molar-refractivity contribution >= 4 is 19.7 Å². The number of carbonyl (C=O) groups is 2. The van der Waals surface area contributed by atoms with E-state index in [4.69, 9.17) is 13.8 Å². The number of carbonyl (C=O) groups excluding carboxylic acids is 2. The van der Waals surface area contributed by atoms with Gasteiger partial charge in [0.1, 0.15) is 19.3 Å². The van der Waals surface area contributed by atoms with Gasteiger partial charge >= 0.3 is 5.97 Å². The summed E-state index contributed by atoms with van der Waals surface area (Å²) in [6, 6.07) is -0.880. The van der Waals surface area contributed by atoms with Gasteiger partial charge in [-0.2, -0.15) is 0 Å². The molecule has 0 spiro atoms. The summed E-state index contributed by atoms with van der Waals surface area (Å²) in [7, 11) is 1.21. The molecule has 77 heavy (non-hydrogen) atoms. The fourth-order valence-electron chi connectivity index (χ4n) is 10.5. The number of allylic oxidation sites excluding steroid dienone is 1. The lowest BCUT2D eigenvalue weighted by Crippen LogP contribution is -2.47. The lowest BCUT2D eigenvalue weighted by molar-refractivity contribution is -0.870. The standard InChI is InChI=1S/C67H133N2O7P/c1-7-10-13-16-19-22-25-28-30-32-33-34-35-36-37-38-40-42-45-48-51-54-57-60-67(71)76-65(58-55-52-49-46-43-27-24-21-18-15-12-9-3)64(63-75-77(72,73)74-62-61-69(4,5)6)68-66(70)59-56-53-50-47-44-41-39-31-29-26-23-20-17-14-11-8-2/h55,58,64-65H,7-54,56-57,59-63H2,1-6H3,(H-,68,70,72,73)/b58-55-. The number of rotatable bonds is 63. The molecule has 0 fully saturated rings. The lowest BCUT2D eigenvalue weighted by atomic mass is 10.0. The van der Waals surface area contributed by atoms with Crippen LogP contribution in [0.3, 0.4) is 0 Å². The maximum absolute atomic E-state index is 13.5. The third kappa shape index (κ3) is 59.2. The molecular formula is C67H133N2O7P. The molecule has 0 radical (unpaired) electrons. The van der Waals surface area contributed by atoms with E-state index in [9.17, 15) is 19.0 Å². The van der Waals surface area contributed by atoms with Crippen molar-refractivity contribution in [1.82, 2.24) is 5.32 Å². The molecule has 3 unspecified atom stereocenters. The second kappa shape index (κ2) is 58.0. The van der Waals surface area contributed by atoms with Crippen LogP contribution in [0.25, 0.3) is 0 Å². The fraction of sp³-hybridized carbons (Fsp3) is 0.940. The van der Waals surface area contributed by atoms with Gasteiger partial charge in [0.2, 0.25) is 5.91 Å². The Labute approximate surface area is 480 Å². The van der Waals surface area contributed by atoms with Crippen LogP contribution in [0.15, 0.2) is 12.2 Å². The van der Waals surface area contributed by atoms with Crippen molar-refractivity contribution < 1.29 is 37.3 Å². The number of nitrogens with one attached hydrogen (secondary N) is 1. The number of phosphoric acid groups is 1. The highest BCUT2D eigenvalue weighted by Gasteiger charge is 2.27. The summed E-state index contributed by atoms with van der Waals surface area (Å²) in [5, 5.41) is 3.04. The van der Waals surface area contributed by atoms with Crippen LogP contribution in [0.4, 0.5) is 0 Å². The third-order valence-electron chi connectivity index (χ3n) is 15.7. The molecule has 0 heterocycles. The van der Waals surface area contributed by atoms with Gasteiger partial charge in [0.15, 0.2) is 0 Å². The molecule has 1 amide bonds.